The molecule has 6 heteroatoms. The summed E-state index contributed by atoms with van der Waals surface area (Å²) in [6.45, 7) is 1.11. The van der Waals surface area contributed by atoms with Crippen LogP contribution in [0.1, 0.15) is 36.4 Å². The molecule has 1 saturated heterocycles. The molecule has 0 N–H and O–H groups in total. The van der Waals surface area contributed by atoms with Crippen molar-refractivity contribution in [3.63, 3.8) is 0 Å². The SMILES string of the molecule is Cn1cc([C@@H]2CCCN2C(=O)CCc2ccc3c(c2)OCO3)cn1. The molecule has 3 heterocycles. The lowest BCUT2D eigenvalue weighted by Gasteiger charge is -2.24. The Labute approximate surface area is 141 Å². The van der Waals surface area contributed by atoms with Gasteiger partial charge in [0.05, 0.1) is 12.2 Å². The van der Waals surface area contributed by atoms with Crippen LogP contribution < -0.4 is 9.47 Å². The van der Waals surface area contributed by atoms with Gasteiger partial charge in [-0.3, -0.25) is 9.48 Å². The summed E-state index contributed by atoms with van der Waals surface area (Å²) in [7, 11) is 1.91. The second-order valence-corrected chi connectivity index (χ2v) is 6.38. The highest BCUT2D eigenvalue weighted by Gasteiger charge is 2.30. The largest absolute Gasteiger partial charge is 0.454 e. The maximum Gasteiger partial charge on any atom is 0.231 e. The minimum atomic E-state index is 0.169. The second kappa shape index (κ2) is 6.19. The Balaban J connectivity index is 1.40. The third-order valence-corrected chi connectivity index (χ3v) is 4.75. The molecule has 126 valence electrons. The van der Waals surface area contributed by atoms with Crippen LogP contribution in [0.3, 0.4) is 0 Å². The molecule has 1 fully saturated rings. The number of carbonyl (C=O) groups is 1. The fourth-order valence-electron chi connectivity index (χ4n) is 3.52. The van der Waals surface area contributed by atoms with Crippen LogP contribution in [-0.4, -0.2) is 33.9 Å². The molecule has 0 bridgehead atoms. The molecule has 4 rings (SSSR count). The van der Waals surface area contributed by atoms with Crippen LogP contribution in [-0.2, 0) is 18.3 Å². The average Bonchev–Trinajstić information content (AvgIpc) is 3.31. The molecule has 0 aliphatic carbocycles. The van der Waals surface area contributed by atoms with E-state index in [1.54, 1.807) is 4.68 Å². The molecule has 1 atom stereocenters. The smallest absolute Gasteiger partial charge is 0.231 e. The van der Waals surface area contributed by atoms with Crippen molar-refractivity contribution in [3.05, 3.63) is 41.7 Å². The van der Waals surface area contributed by atoms with Crippen LogP contribution in [0.5, 0.6) is 11.5 Å². The fraction of sp³-hybridized carbons (Fsp3) is 0.444. The zero-order chi connectivity index (χ0) is 16.5. The van der Waals surface area contributed by atoms with E-state index in [9.17, 15) is 4.79 Å². The van der Waals surface area contributed by atoms with E-state index in [1.807, 2.05) is 42.5 Å². The number of fused-ring (bicyclic) bond motifs is 1. The normalized spacial score (nSPS) is 19.0. The molecule has 1 aromatic heterocycles. The van der Waals surface area contributed by atoms with Crippen molar-refractivity contribution in [2.45, 2.75) is 31.7 Å². The van der Waals surface area contributed by atoms with Crippen molar-refractivity contribution in [2.24, 2.45) is 7.05 Å². The summed E-state index contributed by atoms with van der Waals surface area (Å²) in [5.74, 6) is 1.76. The fourth-order valence-corrected chi connectivity index (χ4v) is 3.52. The number of aryl methyl sites for hydroxylation is 2. The lowest BCUT2D eigenvalue weighted by atomic mass is 10.1. The number of amides is 1. The zero-order valence-corrected chi connectivity index (χ0v) is 13.8. The quantitative estimate of drug-likeness (QED) is 0.865. The van der Waals surface area contributed by atoms with Crippen molar-refractivity contribution in [1.82, 2.24) is 14.7 Å². The highest BCUT2D eigenvalue weighted by Crippen LogP contribution is 2.34. The molecule has 1 aromatic carbocycles. The summed E-state index contributed by atoms with van der Waals surface area (Å²) in [6, 6.07) is 6.06. The van der Waals surface area contributed by atoms with Gasteiger partial charge in [-0.15, -0.1) is 0 Å². The van der Waals surface area contributed by atoms with Crippen LogP contribution in [0.15, 0.2) is 30.6 Å². The number of ether oxygens (including phenoxy) is 2. The minimum Gasteiger partial charge on any atom is -0.454 e. The van der Waals surface area contributed by atoms with Gasteiger partial charge in [0, 0.05) is 31.8 Å². The van der Waals surface area contributed by atoms with Gasteiger partial charge in [-0.2, -0.15) is 5.10 Å². The maximum absolute atomic E-state index is 12.7. The van der Waals surface area contributed by atoms with Gasteiger partial charge in [0.2, 0.25) is 12.7 Å². The Bertz CT molecular complexity index is 756. The predicted octanol–water partition coefficient (Wildman–Crippen LogP) is 2.45. The lowest BCUT2D eigenvalue weighted by Crippen LogP contribution is -2.30. The van der Waals surface area contributed by atoms with Crippen LogP contribution in [0.2, 0.25) is 0 Å². The van der Waals surface area contributed by atoms with Gasteiger partial charge in [-0.25, -0.2) is 0 Å². The van der Waals surface area contributed by atoms with E-state index in [0.29, 0.717) is 12.8 Å². The van der Waals surface area contributed by atoms with Gasteiger partial charge in [0.1, 0.15) is 0 Å². The lowest BCUT2D eigenvalue weighted by molar-refractivity contribution is -0.132. The number of hydrogen-bond acceptors (Lipinski definition) is 4. The number of rotatable bonds is 4. The van der Waals surface area contributed by atoms with Gasteiger partial charge in [0.25, 0.3) is 0 Å². The summed E-state index contributed by atoms with van der Waals surface area (Å²) in [5, 5.41) is 4.23. The van der Waals surface area contributed by atoms with E-state index < -0.39 is 0 Å². The van der Waals surface area contributed by atoms with Crippen molar-refractivity contribution in [1.29, 1.82) is 0 Å². The Morgan fingerprint density at radius 2 is 2.21 bits per heavy atom. The summed E-state index contributed by atoms with van der Waals surface area (Å²) in [5.41, 5.74) is 2.23. The van der Waals surface area contributed by atoms with E-state index in [4.69, 9.17) is 9.47 Å². The molecule has 2 aliphatic rings. The number of aromatic nitrogens is 2. The highest BCUT2D eigenvalue weighted by molar-refractivity contribution is 5.77. The van der Waals surface area contributed by atoms with Gasteiger partial charge in [-0.05, 0) is 37.0 Å². The highest BCUT2D eigenvalue weighted by atomic mass is 16.7. The van der Waals surface area contributed by atoms with Crippen molar-refractivity contribution in [3.8, 4) is 11.5 Å². The maximum atomic E-state index is 12.7. The van der Waals surface area contributed by atoms with Gasteiger partial charge >= 0.3 is 0 Å². The summed E-state index contributed by atoms with van der Waals surface area (Å²) >= 11 is 0. The first-order valence-electron chi connectivity index (χ1n) is 8.37. The summed E-state index contributed by atoms with van der Waals surface area (Å²) in [4.78, 5) is 14.7. The molecule has 0 spiro atoms. The van der Waals surface area contributed by atoms with Crippen LogP contribution >= 0.6 is 0 Å². The Morgan fingerprint density at radius 1 is 1.33 bits per heavy atom. The number of carbonyl (C=O) groups excluding carboxylic acids is 1. The van der Waals surface area contributed by atoms with Crippen molar-refractivity contribution < 1.29 is 14.3 Å². The second-order valence-electron chi connectivity index (χ2n) is 6.38. The first-order chi connectivity index (χ1) is 11.7. The monoisotopic (exact) mass is 327 g/mol. The third-order valence-electron chi connectivity index (χ3n) is 4.75. The number of benzene rings is 1. The van der Waals surface area contributed by atoms with Gasteiger partial charge in [0.15, 0.2) is 11.5 Å². The molecule has 0 saturated carbocycles. The van der Waals surface area contributed by atoms with Gasteiger partial charge in [-0.1, -0.05) is 6.07 Å². The Kier molecular flexibility index (Phi) is 3.88. The molecular formula is C18H21N3O3. The van der Waals surface area contributed by atoms with Crippen molar-refractivity contribution >= 4 is 5.91 Å². The first-order valence-corrected chi connectivity index (χ1v) is 8.37. The van der Waals surface area contributed by atoms with Gasteiger partial charge < -0.3 is 14.4 Å². The zero-order valence-electron chi connectivity index (χ0n) is 13.8. The number of nitrogens with zero attached hydrogens (tertiary/aromatic N) is 3. The Morgan fingerprint density at radius 3 is 3.04 bits per heavy atom. The summed E-state index contributed by atoms with van der Waals surface area (Å²) in [6.07, 6.45) is 7.17. The van der Waals surface area contributed by atoms with E-state index in [0.717, 1.165) is 42.0 Å². The van der Waals surface area contributed by atoms with Crippen molar-refractivity contribution in [2.75, 3.05) is 13.3 Å². The molecule has 1 amide bonds. The van der Waals surface area contributed by atoms with E-state index in [1.165, 1.54) is 0 Å². The molecule has 6 nitrogen and oxygen atoms in total. The first kappa shape index (κ1) is 15.1. The van der Waals surface area contributed by atoms with Crippen LogP contribution in [0, 0.1) is 0 Å². The molecule has 0 radical (unpaired) electrons. The molecule has 2 aliphatic heterocycles. The molecule has 0 unspecified atom stereocenters. The topological polar surface area (TPSA) is 56.6 Å². The molecule has 2 aromatic rings. The Hall–Kier alpha value is -2.50. The van der Waals surface area contributed by atoms with Crippen LogP contribution in [0.25, 0.3) is 0 Å². The standard InChI is InChI=1S/C18H21N3O3/c1-20-11-14(10-19-20)15-3-2-8-21(15)18(22)7-5-13-4-6-16-17(9-13)24-12-23-16/h4,6,9-11,15H,2-3,5,7-8,12H2,1H3/t15-/m0/s1. The summed E-state index contributed by atoms with van der Waals surface area (Å²) < 4.78 is 12.5. The van der Waals surface area contributed by atoms with E-state index in [2.05, 4.69) is 5.10 Å². The number of hydrogen-bond donors (Lipinski definition) is 0. The average molecular weight is 327 g/mol. The molecular weight excluding hydrogens is 306 g/mol. The van der Waals surface area contributed by atoms with Crippen LogP contribution in [0.4, 0.5) is 0 Å². The predicted molar refractivity (Wildman–Crippen MR) is 87.8 cm³/mol. The molecule has 24 heavy (non-hydrogen) atoms. The minimum absolute atomic E-state index is 0.169. The van der Waals surface area contributed by atoms with E-state index >= 15 is 0 Å². The number of likely N-dealkylation sites (tertiary alicyclic amines) is 1. The van der Waals surface area contributed by atoms with E-state index in [-0.39, 0.29) is 18.7 Å². The third kappa shape index (κ3) is 2.84.